The second-order valence-corrected chi connectivity index (χ2v) is 5.96. The standard InChI is InChI=1S/C16H19NO2S/c1-16(19,9-7-13-5-3-2-4-6-13)12-17-15(18)14-8-10-20-11-14/h2-6,8,10-11,19H,7,9,12H2,1H3,(H,17,18)/t16-/m1/s1. The average Bonchev–Trinajstić information content (AvgIpc) is 2.98. The molecule has 1 aromatic heterocycles. The van der Waals surface area contributed by atoms with Crippen molar-refractivity contribution < 1.29 is 9.90 Å². The van der Waals surface area contributed by atoms with Gasteiger partial charge < -0.3 is 10.4 Å². The first-order valence-corrected chi connectivity index (χ1v) is 7.58. The Morgan fingerprint density at radius 2 is 2.05 bits per heavy atom. The molecule has 0 aliphatic heterocycles. The molecular weight excluding hydrogens is 270 g/mol. The summed E-state index contributed by atoms with van der Waals surface area (Å²) in [5, 5.41) is 16.8. The largest absolute Gasteiger partial charge is 0.388 e. The van der Waals surface area contributed by atoms with E-state index in [9.17, 15) is 9.90 Å². The van der Waals surface area contributed by atoms with Gasteiger partial charge in [-0.2, -0.15) is 11.3 Å². The molecular formula is C16H19NO2S. The predicted octanol–water partition coefficient (Wildman–Crippen LogP) is 2.86. The van der Waals surface area contributed by atoms with Gasteiger partial charge >= 0.3 is 0 Å². The van der Waals surface area contributed by atoms with Crippen molar-refractivity contribution in [2.45, 2.75) is 25.4 Å². The van der Waals surface area contributed by atoms with Crippen LogP contribution in [0.15, 0.2) is 47.2 Å². The first kappa shape index (κ1) is 14.8. The Morgan fingerprint density at radius 1 is 1.30 bits per heavy atom. The van der Waals surface area contributed by atoms with Gasteiger partial charge in [-0.15, -0.1) is 0 Å². The number of carbonyl (C=O) groups excluding carboxylic acids is 1. The van der Waals surface area contributed by atoms with Gasteiger partial charge in [0, 0.05) is 17.5 Å². The minimum absolute atomic E-state index is 0.133. The highest BCUT2D eigenvalue weighted by Crippen LogP contribution is 2.14. The van der Waals surface area contributed by atoms with E-state index in [1.165, 1.54) is 16.9 Å². The maximum Gasteiger partial charge on any atom is 0.252 e. The van der Waals surface area contributed by atoms with Crippen molar-refractivity contribution in [2.75, 3.05) is 6.54 Å². The SMILES string of the molecule is C[C@@](O)(CCc1ccccc1)CNC(=O)c1ccsc1. The molecule has 0 fully saturated rings. The van der Waals surface area contributed by atoms with E-state index in [-0.39, 0.29) is 12.5 Å². The van der Waals surface area contributed by atoms with Crippen LogP contribution in [0.25, 0.3) is 0 Å². The molecule has 4 heteroatoms. The number of hydrogen-bond donors (Lipinski definition) is 2. The van der Waals surface area contributed by atoms with Crippen LogP contribution in [0.2, 0.25) is 0 Å². The van der Waals surface area contributed by atoms with Crippen molar-refractivity contribution in [3.05, 3.63) is 58.3 Å². The van der Waals surface area contributed by atoms with Crippen molar-refractivity contribution >= 4 is 17.2 Å². The maximum absolute atomic E-state index is 11.8. The third-order valence-electron chi connectivity index (χ3n) is 3.21. The summed E-state index contributed by atoms with van der Waals surface area (Å²) in [5.41, 5.74) is 0.937. The molecule has 1 heterocycles. The van der Waals surface area contributed by atoms with Crippen LogP contribution < -0.4 is 5.32 Å². The molecule has 1 atom stereocenters. The number of rotatable bonds is 6. The number of benzene rings is 1. The maximum atomic E-state index is 11.8. The zero-order chi connectivity index (χ0) is 14.4. The molecule has 2 N–H and O–H groups in total. The zero-order valence-electron chi connectivity index (χ0n) is 11.5. The fourth-order valence-electron chi connectivity index (χ4n) is 1.91. The first-order chi connectivity index (χ1) is 9.57. The lowest BCUT2D eigenvalue weighted by Gasteiger charge is -2.23. The van der Waals surface area contributed by atoms with Crippen LogP contribution in [-0.2, 0) is 6.42 Å². The normalized spacial score (nSPS) is 13.7. The number of carbonyl (C=O) groups is 1. The minimum Gasteiger partial charge on any atom is -0.388 e. The fourth-order valence-corrected chi connectivity index (χ4v) is 2.55. The highest BCUT2D eigenvalue weighted by atomic mass is 32.1. The Labute approximate surface area is 123 Å². The van der Waals surface area contributed by atoms with E-state index in [0.29, 0.717) is 12.0 Å². The quantitative estimate of drug-likeness (QED) is 0.859. The summed E-state index contributed by atoms with van der Waals surface area (Å²) in [6, 6.07) is 11.8. The molecule has 2 aromatic rings. The van der Waals surface area contributed by atoms with Crippen LogP contribution in [-0.4, -0.2) is 23.2 Å². The van der Waals surface area contributed by atoms with E-state index >= 15 is 0 Å². The number of nitrogens with one attached hydrogen (secondary N) is 1. The van der Waals surface area contributed by atoms with Gasteiger partial charge in [0.1, 0.15) is 0 Å². The van der Waals surface area contributed by atoms with Crippen LogP contribution in [0, 0.1) is 0 Å². The Morgan fingerprint density at radius 3 is 2.70 bits per heavy atom. The number of hydrogen-bond acceptors (Lipinski definition) is 3. The van der Waals surface area contributed by atoms with Crippen molar-refractivity contribution in [1.29, 1.82) is 0 Å². The molecule has 0 aliphatic rings. The van der Waals surface area contributed by atoms with Gasteiger partial charge in [-0.1, -0.05) is 30.3 Å². The van der Waals surface area contributed by atoms with Gasteiger partial charge in [-0.3, -0.25) is 4.79 Å². The van der Waals surface area contributed by atoms with E-state index in [4.69, 9.17) is 0 Å². The summed E-state index contributed by atoms with van der Waals surface area (Å²) < 4.78 is 0. The molecule has 1 amide bonds. The van der Waals surface area contributed by atoms with E-state index in [2.05, 4.69) is 5.32 Å². The van der Waals surface area contributed by atoms with Gasteiger partial charge in [0.15, 0.2) is 0 Å². The summed E-state index contributed by atoms with van der Waals surface area (Å²) >= 11 is 1.49. The van der Waals surface area contributed by atoms with E-state index < -0.39 is 5.60 Å². The molecule has 0 radical (unpaired) electrons. The summed E-state index contributed by atoms with van der Waals surface area (Å²) in [6.07, 6.45) is 1.41. The second-order valence-electron chi connectivity index (χ2n) is 5.18. The Bertz CT molecular complexity index is 535. The average molecular weight is 289 g/mol. The Hall–Kier alpha value is -1.65. The molecule has 0 spiro atoms. The monoisotopic (exact) mass is 289 g/mol. The first-order valence-electron chi connectivity index (χ1n) is 6.63. The third kappa shape index (κ3) is 4.47. The van der Waals surface area contributed by atoms with Crippen molar-refractivity contribution in [3.8, 4) is 0 Å². The van der Waals surface area contributed by atoms with Gasteiger partial charge in [0.2, 0.25) is 0 Å². The molecule has 0 saturated carbocycles. The fraction of sp³-hybridized carbons (Fsp3) is 0.312. The molecule has 0 bridgehead atoms. The zero-order valence-corrected chi connectivity index (χ0v) is 12.3. The summed E-state index contributed by atoms with van der Waals surface area (Å²) in [7, 11) is 0. The van der Waals surface area contributed by atoms with Gasteiger partial charge in [-0.25, -0.2) is 0 Å². The summed E-state index contributed by atoms with van der Waals surface area (Å²) in [6.45, 7) is 2.01. The van der Waals surface area contributed by atoms with Crippen LogP contribution >= 0.6 is 11.3 Å². The van der Waals surface area contributed by atoms with Crippen LogP contribution in [0.4, 0.5) is 0 Å². The molecule has 3 nitrogen and oxygen atoms in total. The van der Waals surface area contributed by atoms with E-state index in [0.717, 1.165) is 6.42 Å². The number of thiophene rings is 1. The Balaban J connectivity index is 1.80. The molecule has 20 heavy (non-hydrogen) atoms. The van der Waals surface area contributed by atoms with Gasteiger partial charge in [-0.05, 0) is 36.8 Å². The van der Waals surface area contributed by atoms with Crippen LogP contribution in [0.1, 0.15) is 29.3 Å². The summed E-state index contributed by atoms with van der Waals surface area (Å²) in [5.74, 6) is -0.133. The minimum atomic E-state index is -0.901. The molecule has 0 saturated heterocycles. The van der Waals surface area contributed by atoms with Crippen LogP contribution in [0.3, 0.4) is 0 Å². The van der Waals surface area contributed by atoms with E-state index in [1.54, 1.807) is 18.4 Å². The highest BCUT2D eigenvalue weighted by Gasteiger charge is 2.21. The second kappa shape index (κ2) is 6.68. The van der Waals surface area contributed by atoms with Crippen molar-refractivity contribution in [1.82, 2.24) is 5.32 Å². The molecule has 106 valence electrons. The van der Waals surface area contributed by atoms with E-state index in [1.807, 2.05) is 35.7 Å². The summed E-state index contributed by atoms with van der Waals surface area (Å²) in [4.78, 5) is 11.8. The van der Waals surface area contributed by atoms with Crippen molar-refractivity contribution in [3.63, 3.8) is 0 Å². The topological polar surface area (TPSA) is 49.3 Å². The highest BCUT2D eigenvalue weighted by molar-refractivity contribution is 7.08. The molecule has 2 rings (SSSR count). The van der Waals surface area contributed by atoms with Crippen molar-refractivity contribution in [2.24, 2.45) is 0 Å². The molecule has 0 aliphatic carbocycles. The number of amides is 1. The number of aryl methyl sites for hydroxylation is 1. The molecule has 1 aromatic carbocycles. The smallest absolute Gasteiger partial charge is 0.252 e. The third-order valence-corrected chi connectivity index (χ3v) is 3.89. The lowest BCUT2D eigenvalue weighted by atomic mass is 9.96. The lowest BCUT2D eigenvalue weighted by Crippen LogP contribution is -2.40. The number of aliphatic hydroxyl groups is 1. The molecule has 0 unspecified atom stereocenters. The lowest BCUT2D eigenvalue weighted by molar-refractivity contribution is 0.0478. The Kier molecular flexibility index (Phi) is 4.93. The predicted molar refractivity (Wildman–Crippen MR) is 82.0 cm³/mol. The van der Waals surface area contributed by atoms with Crippen LogP contribution in [0.5, 0.6) is 0 Å². The van der Waals surface area contributed by atoms with Gasteiger partial charge in [0.25, 0.3) is 5.91 Å². The van der Waals surface area contributed by atoms with Gasteiger partial charge in [0.05, 0.1) is 5.60 Å².